The maximum atomic E-state index is 12.4. The van der Waals surface area contributed by atoms with Gasteiger partial charge in [-0.15, -0.1) is 0 Å². The summed E-state index contributed by atoms with van der Waals surface area (Å²) in [5.74, 6) is 4.54. The smallest absolute Gasteiger partial charge is 0.378 e. The summed E-state index contributed by atoms with van der Waals surface area (Å²) in [4.78, 5) is 13.3. The topological polar surface area (TPSA) is 85.4 Å². The van der Waals surface area contributed by atoms with E-state index in [4.69, 9.17) is 10.6 Å². The van der Waals surface area contributed by atoms with Crippen LogP contribution in [0.2, 0.25) is 0 Å². The second kappa shape index (κ2) is 5.67. The van der Waals surface area contributed by atoms with Crippen molar-refractivity contribution in [2.45, 2.75) is 12.7 Å². The maximum absolute atomic E-state index is 12.4. The lowest BCUT2D eigenvalue weighted by molar-refractivity contribution is -0.142. The third-order valence-corrected chi connectivity index (χ3v) is 2.77. The minimum absolute atomic E-state index is 0.0126. The number of nitrogens with two attached hydrogens (primary N) is 1. The predicted octanol–water partition coefficient (Wildman–Crippen LogP) is -0.115. The molecule has 1 aromatic heterocycles. The number of halogens is 3. The Morgan fingerprint density at radius 2 is 2.10 bits per heavy atom. The normalized spacial score (nSPS) is 16.3. The van der Waals surface area contributed by atoms with Gasteiger partial charge in [0.15, 0.2) is 5.82 Å². The Morgan fingerprint density at radius 1 is 1.45 bits per heavy atom. The number of hydrazine groups is 1. The summed E-state index contributed by atoms with van der Waals surface area (Å²) in [5.41, 5.74) is 1.92. The molecule has 112 valence electrons. The number of carbonyl (C=O) groups is 1. The number of carbonyl (C=O) groups excluding carboxylic acids is 1. The number of nitrogen functional groups attached to an aromatic ring is 1. The zero-order valence-corrected chi connectivity index (χ0v) is 10.5. The van der Waals surface area contributed by atoms with Gasteiger partial charge in [0, 0.05) is 19.3 Å². The van der Waals surface area contributed by atoms with E-state index in [9.17, 15) is 18.0 Å². The molecule has 0 unspecified atom stereocenters. The minimum Gasteiger partial charge on any atom is -0.378 e. The van der Waals surface area contributed by atoms with E-state index in [1.54, 1.807) is 4.90 Å². The van der Waals surface area contributed by atoms with Crippen molar-refractivity contribution in [3.8, 4) is 0 Å². The molecule has 1 aliphatic rings. The van der Waals surface area contributed by atoms with Gasteiger partial charge in [-0.1, -0.05) is 0 Å². The monoisotopic (exact) mass is 293 g/mol. The van der Waals surface area contributed by atoms with Gasteiger partial charge < -0.3 is 9.64 Å². The number of nitrogens with one attached hydrogen (secondary N) is 1. The number of nitrogens with zero attached hydrogens (tertiary/aromatic N) is 3. The number of alkyl halides is 3. The average Bonchev–Trinajstić information content (AvgIpc) is 2.80. The number of rotatable bonds is 3. The van der Waals surface area contributed by atoms with Crippen LogP contribution in [0, 0.1) is 0 Å². The summed E-state index contributed by atoms with van der Waals surface area (Å²) >= 11 is 0. The molecule has 1 amide bonds. The molecule has 0 radical (unpaired) electrons. The maximum Gasteiger partial charge on any atom is 0.408 e. The Labute approximate surface area is 112 Å². The van der Waals surface area contributed by atoms with E-state index in [-0.39, 0.29) is 11.4 Å². The number of aromatic nitrogens is 2. The van der Waals surface area contributed by atoms with Crippen LogP contribution in [0.25, 0.3) is 0 Å². The largest absolute Gasteiger partial charge is 0.408 e. The zero-order valence-electron chi connectivity index (χ0n) is 10.5. The van der Waals surface area contributed by atoms with Crippen molar-refractivity contribution in [3.05, 3.63) is 11.8 Å². The summed E-state index contributed by atoms with van der Waals surface area (Å²) in [5, 5.41) is 3.84. The molecule has 0 spiro atoms. The number of amides is 1. The molecule has 7 nitrogen and oxygen atoms in total. The fourth-order valence-electron chi connectivity index (χ4n) is 1.92. The van der Waals surface area contributed by atoms with Gasteiger partial charge in [0.2, 0.25) is 0 Å². The number of morpholine rings is 1. The van der Waals surface area contributed by atoms with Crippen LogP contribution in [0.1, 0.15) is 10.4 Å². The first-order valence-electron chi connectivity index (χ1n) is 5.88. The van der Waals surface area contributed by atoms with Crippen molar-refractivity contribution < 1.29 is 22.7 Å². The molecule has 10 heteroatoms. The van der Waals surface area contributed by atoms with Gasteiger partial charge in [-0.25, -0.2) is 5.84 Å². The molecule has 3 N–H and O–H groups in total. The highest BCUT2D eigenvalue weighted by Gasteiger charge is 2.31. The van der Waals surface area contributed by atoms with Crippen LogP contribution in [0.5, 0.6) is 0 Å². The van der Waals surface area contributed by atoms with Crippen molar-refractivity contribution in [3.63, 3.8) is 0 Å². The Kier molecular flexibility index (Phi) is 4.14. The van der Waals surface area contributed by atoms with Gasteiger partial charge in [-0.05, 0) is 0 Å². The fourth-order valence-corrected chi connectivity index (χ4v) is 1.92. The molecule has 1 saturated heterocycles. The lowest BCUT2D eigenvalue weighted by atomic mass is 10.3. The summed E-state index contributed by atoms with van der Waals surface area (Å²) in [6.45, 7) is 0.496. The highest BCUT2D eigenvalue weighted by molar-refractivity contribution is 5.98. The lowest BCUT2D eigenvalue weighted by Crippen LogP contribution is -2.38. The third-order valence-electron chi connectivity index (χ3n) is 2.77. The van der Waals surface area contributed by atoms with Gasteiger partial charge in [0.25, 0.3) is 5.91 Å². The molecular weight excluding hydrogens is 279 g/mol. The first-order chi connectivity index (χ1) is 9.40. The van der Waals surface area contributed by atoms with E-state index in [1.165, 1.54) is 0 Å². The quantitative estimate of drug-likeness (QED) is 0.461. The molecule has 20 heavy (non-hydrogen) atoms. The highest BCUT2D eigenvalue weighted by atomic mass is 19.4. The molecule has 2 rings (SSSR count). The van der Waals surface area contributed by atoms with Crippen molar-refractivity contribution in [2.24, 2.45) is 5.84 Å². The van der Waals surface area contributed by atoms with Crippen LogP contribution in [-0.2, 0) is 11.3 Å². The van der Waals surface area contributed by atoms with E-state index >= 15 is 0 Å². The van der Waals surface area contributed by atoms with Crippen LogP contribution in [0.3, 0.4) is 0 Å². The molecule has 0 aromatic carbocycles. The molecule has 0 aliphatic carbocycles. The summed E-state index contributed by atoms with van der Waals surface area (Å²) < 4.78 is 43.0. The molecule has 0 bridgehead atoms. The Morgan fingerprint density at radius 3 is 2.65 bits per heavy atom. The SMILES string of the molecule is NNC(=O)c1cn(CC(F)(F)F)nc1N1CCOCC1. The third kappa shape index (κ3) is 3.39. The summed E-state index contributed by atoms with van der Waals surface area (Å²) in [6, 6.07) is 0. The fraction of sp³-hybridized carbons (Fsp3) is 0.600. The first kappa shape index (κ1) is 14.6. The van der Waals surface area contributed by atoms with Gasteiger partial charge in [0.05, 0.1) is 13.2 Å². The second-order valence-electron chi connectivity index (χ2n) is 4.25. The highest BCUT2D eigenvalue weighted by Crippen LogP contribution is 2.23. The van der Waals surface area contributed by atoms with Gasteiger partial charge in [0.1, 0.15) is 12.1 Å². The van der Waals surface area contributed by atoms with Crippen molar-refractivity contribution in [1.29, 1.82) is 0 Å². The summed E-state index contributed by atoms with van der Waals surface area (Å²) in [6.07, 6.45) is -3.37. The van der Waals surface area contributed by atoms with E-state index < -0.39 is 18.6 Å². The predicted molar refractivity (Wildman–Crippen MR) is 63.0 cm³/mol. The van der Waals surface area contributed by atoms with Crippen LogP contribution < -0.4 is 16.2 Å². The van der Waals surface area contributed by atoms with E-state index in [0.29, 0.717) is 31.0 Å². The van der Waals surface area contributed by atoms with Crippen LogP contribution in [0.4, 0.5) is 19.0 Å². The number of anilines is 1. The number of hydrogen-bond acceptors (Lipinski definition) is 5. The average molecular weight is 293 g/mol. The molecule has 1 aromatic rings. The molecule has 1 aliphatic heterocycles. The van der Waals surface area contributed by atoms with E-state index in [1.807, 2.05) is 5.43 Å². The number of ether oxygens (including phenoxy) is 1. The molecule has 0 saturated carbocycles. The summed E-state index contributed by atoms with van der Waals surface area (Å²) in [7, 11) is 0. The molecule has 2 heterocycles. The van der Waals surface area contributed by atoms with Crippen molar-refractivity contribution in [2.75, 3.05) is 31.2 Å². The van der Waals surface area contributed by atoms with E-state index in [2.05, 4.69) is 5.10 Å². The zero-order chi connectivity index (χ0) is 14.8. The molecular formula is C10H14F3N5O2. The van der Waals surface area contributed by atoms with Gasteiger partial charge in [-0.3, -0.25) is 14.9 Å². The van der Waals surface area contributed by atoms with Crippen LogP contribution >= 0.6 is 0 Å². The van der Waals surface area contributed by atoms with Crippen LogP contribution in [0.15, 0.2) is 6.20 Å². The first-order valence-corrected chi connectivity index (χ1v) is 5.88. The van der Waals surface area contributed by atoms with Crippen molar-refractivity contribution in [1.82, 2.24) is 15.2 Å². The molecule has 1 fully saturated rings. The van der Waals surface area contributed by atoms with Crippen molar-refractivity contribution >= 4 is 11.7 Å². The lowest BCUT2D eigenvalue weighted by Gasteiger charge is -2.27. The van der Waals surface area contributed by atoms with Crippen LogP contribution in [-0.4, -0.2) is 48.2 Å². The van der Waals surface area contributed by atoms with E-state index in [0.717, 1.165) is 6.20 Å². The number of hydrogen-bond donors (Lipinski definition) is 2. The minimum atomic E-state index is -4.41. The standard InChI is InChI=1S/C10H14F3N5O2/c11-10(12,13)6-18-5-7(9(19)15-14)8(16-18)17-1-3-20-4-2-17/h5H,1-4,6,14H2,(H,15,19). The van der Waals surface area contributed by atoms with Gasteiger partial charge >= 0.3 is 6.18 Å². The Balaban J connectivity index is 2.29. The second-order valence-corrected chi connectivity index (χ2v) is 4.25. The van der Waals surface area contributed by atoms with Gasteiger partial charge in [-0.2, -0.15) is 18.3 Å². The molecule has 0 atom stereocenters. The Hall–Kier alpha value is -1.81. The Bertz CT molecular complexity index is 482.